The maximum atomic E-state index is 13.1. The Balaban J connectivity index is 2.01. The molecule has 168 valence electrons. The van der Waals surface area contributed by atoms with Gasteiger partial charge in [-0.15, -0.1) is 11.6 Å². The van der Waals surface area contributed by atoms with Gasteiger partial charge in [-0.05, 0) is 43.5 Å². The summed E-state index contributed by atoms with van der Waals surface area (Å²) in [6, 6.07) is 10.5. The van der Waals surface area contributed by atoms with E-state index in [0.717, 1.165) is 12.3 Å². The molecular formula is C22H25ClF3N3O2. The van der Waals surface area contributed by atoms with Crippen LogP contribution < -0.4 is 11.1 Å². The molecule has 0 bridgehead atoms. The molecule has 0 saturated heterocycles. The third-order valence-electron chi connectivity index (χ3n) is 5.80. The lowest BCUT2D eigenvalue weighted by Gasteiger charge is -2.40. The number of hydrogen-bond donors (Lipinski definition) is 2. The van der Waals surface area contributed by atoms with Crippen molar-refractivity contribution in [3.8, 4) is 0 Å². The molecule has 2 aromatic rings. The molecule has 1 heterocycles. The maximum Gasteiger partial charge on any atom is 0.417 e. The molecule has 1 aromatic carbocycles. The number of carbonyl (C=O) groups is 1. The van der Waals surface area contributed by atoms with Crippen LogP contribution in [0.5, 0.6) is 0 Å². The molecule has 0 spiro atoms. The largest absolute Gasteiger partial charge is 0.417 e. The molecule has 9 heteroatoms. The van der Waals surface area contributed by atoms with Gasteiger partial charge in [0, 0.05) is 30.3 Å². The Morgan fingerprint density at radius 3 is 2.58 bits per heavy atom. The molecular weight excluding hydrogens is 431 g/mol. The molecule has 4 atom stereocenters. The number of methoxy groups -OCH3 is 1. The molecule has 1 amide bonds. The maximum absolute atomic E-state index is 13.1. The molecule has 1 saturated carbocycles. The second-order valence-electron chi connectivity index (χ2n) is 7.82. The van der Waals surface area contributed by atoms with Gasteiger partial charge in [0.05, 0.1) is 16.7 Å². The predicted molar refractivity (Wildman–Crippen MR) is 112 cm³/mol. The average molecular weight is 456 g/mol. The number of nitrogens with two attached hydrogens (primary N) is 1. The highest BCUT2D eigenvalue weighted by molar-refractivity contribution is 6.21. The van der Waals surface area contributed by atoms with Crippen molar-refractivity contribution in [3.05, 3.63) is 65.5 Å². The van der Waals surface area contributed by atoms with E-state index in [1.54, 1.807) is 30.3 Å². The summed E-state index contributed by atoms with van der Waals surface area (Å²) in [7, 11) is 1.44. The van der Waals surface area contributed by atoms with Crippen molar-refractivity contribution in [2.45, 2.75) is 54.9 Å². The van der Waals surface area contributed by atoms with E-state index in [9.17, 15) is 18.0 Å². The lowest BCUT2D eigenvalue weighted by molar-refractivity contribution is -0.137. The summed E-state index contributed by atoms with van der Waals surface area (Å²) in [5.74, 6) is -0.362. The number of aromatic nitrogens is 1. The van der Waals surface area contributed by atoms with Crippen LogP contribution in [0.1, 0.15) is 47.3 Å². The number of amides is 1. The van der Waals surface area contributed by atoms with Gasteiger partial charge in [-0.2, -0.15) is 13.2 Å². The van der Waals surface area contributed by atoms with Crippen molar-refractivity contribution in [3.63, 3.8) is 0 Å². The Labute approximate surface area is 184 Å². The number of alkyl halides is 4. The number of nitrogens with zero attached hydrogens (tertiary/aromatic N) is 1. The molecule has 3 rings (SSSR count). The zero-order chi connectivity index (χ0) is 22.6. The van der Waals surface area contributed by atoms with E-state index >= 15 is 0 Å². The number of halogens is 4. The van der Waals surface area contributed by atoms with Crippen LogP contribution in [0.2, 0.25) is 0 Å². The van der Waals surface area contributed by atoms with Gasteiger partial charge in [0.15, 0.2) is 0 Å². The van der Waals surface area contributed by atoms with Gasteiger partial charge >= 0.3 is 6.18 Å². The zero-order valence-electron chi connectivity index (χ0n) is 17.0. The fraction of sp³-hybridized carbons (Fsp3) is 0.455. The van der Waals surface area contributed by atoms with Crippen LogP contribution in [0.3, 0.4) is 0 Å². The summed E-state index contributed by atoms with van der Waals surface area (Å²) < 4.78 is 44.9. The number of carbonyl (C=O) groups excluding carboxylic acids is 1. The third-order valence-corrected chi connectivity index (χ3v) is 6.35. The molecule has 4 unspecified atom stereocenters. The quantitative estimate of drug-likeness (QED) is 0.401. The number of benzene rings is 1. The van der Waals surface area contributed by atoms with E-state index in [1.807, 2.05) is 0 Å². The monoisotopic (exact) mass is 455 g/mol. The lowest BCUT2D eigenvalue weighted by atomic mass is 9.74. The minimum absolute atomic E-state index is 0.293. The molecule has 1 fully saturated rings. The predicted octanol–water partition coefficient (Wildman–Crippen LogP) is 4.25. The van der Waals surface area contributed by atoms with Crippen molar-refractivity contribution in [1.82, 2.24) is 10.3 Å². The first-order valence-electron chi connectivity index (χ1n) is 9.99. The standard InChI is InChI=1S/C22H25ClF3N3O2/c1-31-20(29-19(30)14-6-3-2-4-7-14)21(11-5-8-16(23)17(27)12-21)18-10-9-15(13-28-18)22(24,25)26/h2-4,6-7,9-10,13,16-17,20H,5,8,11-12,27H2,1H3,(H,29,30). The minimum atomic E-state index is -4.50. The van der Waals surface area contributed by atoms with Crippen LogP contribution in [0.4, 0.5) is 13.2 Å². The summed E-state index contributed by atoms with van der Waals surface area (Å²) in [6.45, 7) is 0. The fourth-order valence-electron chi connectivity index (χ4n) is 4.15. The van der Waals surface area contributed by atoms with E-state index in [0.29, 0.717) is 36.9 Å². The molecule has 3 N–H and O–H groups in total. The first kappa shape index (κ1) is 23.5. The number of hydrogen-bond acceptors (Lipinski definition) is 4. The number of nitrogens with one attached hydrogen (secondary N) is 1. The van der Waals surface area contributed by atoms with Gasteiger partial charge in [0.2, 0.25) is 0 Å². The highest BCUT2D eigenvalue weighted by atomic mass is 35.5. The Morgan fingerprint density at radius 2 is 2.00 bits per heavy atom. The van der Waals surface area contributed by atoms with Crippen LogP contribution in [-0.2, 0) is 16.3 Å². The highest BCUT2D eigenvalue weighted by Crippen LogP contribution is 2.42. The molecule has 1 aliphatic rings. The van der Waals surface area contributed by atoms with E-state index in [-0.39, 0.29) is 11.3 Å². The van der Waals surface area contributed by atoms with Gasteiger partial charge in [-0.1, -0.05) is 24.6 Å². The fourth-order valence-corrected chi connectivity index (χ4v) is 4.40. The summed E-state index contributed by atoms with van der Waals surface area (Å²) in [6.07, 6.45) is -2.46. The topological polar surface area (TPSA) is 77.2 Å². The third kappa shape index (κ3) is 5.19. The molecule has 0 aliphatic heterocycles. The summed E-state index contributed by atoms with van der Waals surface area (Å²) in [4.78, 5) is 17.0. The molecule has 5 nitrogen and oxygen atoms in total. The second-order valence-corrected chi connectivity index (χ2v) is 8.38. The first-order valence-corrected chi connectivity index (χ1v) is 10.4. The number of ether oxygens (including phenoxy) is 1. The minimum Gasteiger partial charge on any atom is -0.361 e. The average Bonchev–Trinajstić information content (AvgIpc) is 2.91. The normalized spacial score (nSPS) is 25.5. The Morgan fingerprint density at radius 1 is 1.29 bits per heavy atom. The second kappa shape index (κ2) is 9.54. The van der Waals surface area contributed by atoms with Crippen LogP contribution >= 0.6 is 11.6 Å². The van der Waals surface area contributed by atoms with Crippen LogP contribution in [0.25, 0.3) is 0 Å². The first-order chi connectivity index (χ1) is 14.7. The zero-order valence-corrected chi connectivity index (χ0v) is 17.8. The van der Waals surface area contributed by atoms with Crippen molar-refractivity contribution in [2.24, 2.45) is 5.73 Å². The molecule has 1 aromatic heterocycles. The van der Waals surface area contributed by atoms with E-state index in [4.69, 9.17) is 22.1 Å². The lowest BCUT2D eigenvalue weighted by Crippen LogP contribution is -2.54. The number of pyridine rings is 1. The van der Waals surface area contributed by atoms with Gasteiger partial charge < -0.3 is 15.8 Å². The Hall–Kier alpha value is -2.16. The van der Waals surface area contributed by atoms with Crippen molar-refractivity contribution in [1.29, 1.82) is 0 Å². The van der Waals surface area contributed by atoms with Gasteiger partial charge in [0.1, 0.15) is 6.23 Å². The van der Waals surface area contributed by atoms with Crippen LogP contribution in [0, 0.1) is 0 Å². The molecule has 31 heavy (non-hydrogen) atoms. The van der Waals surface area contributed by atoms with E-state index in [2.05, 4.69) is 10.3 Å². The smallest absolute Gasteiger partial charge is 0.361 e. The van der Waals surface area contributed by atoms with Crippen molar-refractivity contribution >= 4 is 17.5 Å². The Kier molecular flexibility index (Phi) is 7.24. The SMILES string of the molecule is COC(NC(=O)c1ccccc1)C1(c2ccc(C(F)(F)F)cn2)CCCC(Cl)C(N)C1. The number of rotatable bonds is 5. The van der Waals surface area contributed by atoms with E-state index in [1.165, 1.54) is 13.2 Å². The van der Waals surface area contributed by atoms with Crippen molar-refractivity contribution in [2.75, 3.05) is 7.11 Å². The van der Waals surface area contributed by atoms with Gasteiger partial charge in [-0.3, -0.25) is 9.78 Å². The summed E-state index contributed by atoms with van der Waals surface area (Å²) >= 11 is 6.40. The van der Waals surface area contributed by atoms with Gasteiger partial charge in [-0.25, -0.2) is 0 Å². The Bertz CT molecular complexity index is 880. The van der Waals surface area contributed by atoms with E-state index < -0.39 is 29.4 Å². The summed E-state index contributed by atoms with van der Waals surface area (Å²) in [5, 5.41) is 2.59. The summed E-state index contributed by atoms with van der Waals surface area (Å²) in [5.41, 5.74) is 5.35. The van der Waals surface area contributed by atoms with Gasteiger partial charge in [0.25, 0.3) is 5.91 Å². The van der Waals surface area contributed by atoms with Crippen LogP contribution in [0.15, 0.2) is 48.7 Å². The highest BCUT2D eigenvalue weighted by Gasteiger charge is 2.47. The molecule has 0 radical (unpaired) electrons. The van der Waals surface area contributed by atoms with Crippen molar-refractivity contribution < 1.29 is 22.7 Å². The molecule has 1 aliphatic carbocycles. The van der Waals surface area contributed by atoms with Crippen LogP contribution in [-0.4, -0.2) is 35.6 Å².